The van der Waals surface area contributed by atoms with E-state index in [9.17, 15) is 14.9 Å². The van der Waals surface area contributed by atoms with Crippen LogP contribution in [0, 0.1) is 24.0 Å². The molecule has 192 valence electrons. The highest BCUT2D eigenvalue weighted by molar-refractivity contribution is 7.99. The van der Waals surface area contributed by atoms with Crippen LogP contribution in [0.5, 0.6) is 0 Å². The summed E-state index contributed by atoms with van der Waals surface area (Å²) in [6.45, 7) is 3.72. The van der Waals surface area contributed by atoms with Gasteiger partial charge in [0.1, 0.15) is 5.00 Å². The quantitative estimate of drug-likeness (QED) is 0.122. The highest BCUT2D eigenvalue weighted by atomic mass is 32.2. The number of amides is 1. The zero-order valence-electron chi connectivity index (χ0n) is 20.8. The van der Waals surface area contributed by atoms with E-state index in [4.69, 9.17) is 0 Å². The molecule has 0 atom stereocenters. The summed E-state index contributed by atoms with van der Waals surface area (Å²) >= 11 is 2.66. The molecule has 1 aromatic carbocycles. The van der Waals surface area contributed by atoms with Crippen LogP contribution < -0.4 is 5.32 Å². The second kappa shape index (κ2) is 11.2. The van der Waals surface area contributed by atoms with Crippen molar-refractivity contribution in [2.75, 3.05) is 5.32 Å². The fraction of sp³-hybridized carbons (Fsp3) is 0.222. The van der Waals surface area contributed by atoms with Crippen molar-refractivity contribution in [3.05, 3.63) is 91.9 Å². The van der Waals surface area contributed by atoms with Crippen LogP contribution in [0.25, 0.3) is 0 Å². The Morgan fingerprint density at radius 1 is 1.16 bits per heavy atom. The van der Waals surface area contributed by atoms with Gasteiger partial charge in [-0.15, -0.1) is 11.3 Å². The molecule has 0 unspecified atom stereocenters. The Morgan fingerprint density at radius 3 is 2.68 bits per heavy atom. The summed E-state index contributed by atoms with van der Waals surface area (Å²) in [6.07, 6.45) is 8.67. The van der Waals surface area contributed by atoms with Crippen LogP contribution in [-0.2, 0) is 12.8 Å². The van der Waals surface area contributed by atoms with Crippen molar-refractivity contribution in [2.24, 2.45) is 4.99 Å². The molecule has 3 heterocycles. The molecule has 0 spiro atoms. The number of aliphatic imine (C=N–C) groups is 1. The smallest absolute Gasteiger partial charge is 0.283 e. The number of aryl methyl sites for hydroxylation is 3. The summed E-state index contributed by atoms with van der Waals surface area (Å²) in [4.78, 5) is 43.8. The zero-order valence-corrected chi connectivity index (χ0v) is 22.4. The van der Waals surface area contributed by atoms with Crippen LogP contribution in [0.3, 0.4) is 0 Å². The van der Waals surface area contributed by atoms with Gasteiger partial charge < -0.3 is 5.32 Å². The Bertz CT molecular complexity index is 1530. The Labute approximate surface area is 227 Å². The monoisotopic (exact) mass is 544 g/mol. The molecule has 38 heavy (non-hydrogen) atoms. The number of nitro benzene ring substituents is 1. The molecule has 1 aliphatic carbocycles. The van der Waals surface area contributed by atoms with Crippen molar-refractivity contribution in [1.29, 1.82) is 0 Å². The molecule has 3 aromatic heterocycles. The maximum atomic E-state index is 13.3. The lowest BCUT2D eigenvalue weighted by molar-refractivity contribution is -0.387. The third kappa shape index (κ3) is 5.79. The van der Waals surface area contributed by atoms with E-state index in [-0.39, 0.29) is 11.6 Å². The molecule has 5 rings (SSSR count). The van der Waals surface area contributed by atoms with Gasteiger partial charge in [0, 0.05) is 34.7 Å². The molecule has 0 bridgehead atoms. The van der Waals surface area contributed by atoms with E-state index >= 15 is 0 Å². The molecule has 0 aliphatic heterocycles. The molecule has 0 saturated heterocycles. The Hall–Kier alpha value is -3.96. The first-order chi connectivity index (χ1) is 18.4. The predicted molar refractivity (Wildman–Crippen MR) is 149 cm³/mol. The molecular formula is C27H24N6O3S2. The van der Waals surface area contributed by atoms with Gasteiger partial charge in [0.15, 0.2) is 5.16 Å². The fourth-order valence-electron chi connectivity index (χ4n) is 4.32. The van der Waals surface area contributed by atoms with Crippen LogP contribution in [0.4, 0.5) is 16.4 Å². The number of thiophene rings is 1. The molecule has 0 fully saturated rings. The van der Waals surface area contributed by atoms with Gasteiger partial charge in [-0.1, -0.05) is 6.07 Å². The maximum Gasteiger partial charge on any atom is 0.283 e. The lowest BCUT2D eigenvalue weighted by atomic mass is 9.95. The summed E-state index contributed by atoms with van der Waals surface area (Å²) in [5.41, 5.74) is 4.33. The highest BCUT2D eigenvalue weighted by Crippen LogP contribution is 2.40. The van der Waals surface area contributed by atoms with Crippen molar-refractivity contribution in [1.82, 2.24) is 15.0 Å². The lowest BCUT2D eigenvalue weighted by Crippen LogP contribution is -2.14. The zero-order chi connectivity index (χ0) is 26.6. The number of rotatable bonds is 7. The van der Waals surface area contributed by atoms with Crippen LogP contribution in [0.1, 0.15) is 50.6 Å². The second-order valence-electron chi connectivity index (χ2n) is 8.86. The summed E-state index contributed by atoms with van der Waals surface area (Å²) in [5.74, 6) is -0.226. The van der Waals surface area contributed by atoms with Crippen molar-refractivity contribution >= 4 is 51.6 Å². The average Bonchev–Trinajstić information content (AvgIpc) is 3.26. The van der Waals surface area contributed by atoms with Crippen LogP contribution in [0.2, 0.25) is 0 Å². The molecule has 4 aromatic rings. The first-order valence-corrected chi connectivity index (χ1v) is 13.7. The third-order valence-electron chi connectivity index (χ3n) is 5.97. The number of carbonyl (C=O) groups excluding carboxylic acids is 1. The number of aromatic nitrogens is 3. The summed E-state index contributed by atoms with van der Waals surface area (Å²) < 4.78 is 0. The van der Waals surface area contributed by atoms with Gasteiger partial charge >= 0.3 is 0 Å². The maximum absolute atomic E-state index is 13.3. The van der Waals surface area contributed by atoms with E-state index in [1.165, 1.54) is 22.3 Å². The minimum absolute atomic E-state index is 0.0540. The van der Waals surface area contributed by atoms with Crippen molar-refractivity contribution in [2.45, 2.75) is 49.6 Å². The second-order valence-corrected chi connectivity index (χ2v) is 11.0. The van der Waals surface area contributed by atoms with E-state index in [1.54, 1.807) is 42.9 Å². The molecule has 0 radical (unpaired) electrons. The number of hydrogen-bond acceptors (Lipinski definition) is 9. The number of pyridine rings is 1. The Morgan fingerprint density at radius 2 is 1.95 bits per heavy atom. The van der Waals surface area contributed by atoms with E-state index < -0.39 is 4.92 Å². The minimum atomic E-state index is -0.418. The molecule has 0 saturated carbocycles. The van der Waals surface area contributed by atoms with E-state index in [0.29, 0.717) is 31.9 Å². The number of benzene rings is 1. The van der Waals surface area contributed by atoms with Gasteiger partial charge in [0.25, 0.3) is 11.6 Å². The van der Waals surface area contributed by atoms with Crippen molar-refractivity contribution in [3.63, 3.8) is 0 Å². The first kappa shape index (κ1) is 25.7. The van der Waals surface area contributed by atoms with Gasteiger partial charge in [-0.05, 0) is 86.7 Å². The molecular weight excluding hydrogens is 520 g/mol. The van der Waals surface area contributed by atoms with Gasteiger partial charge in [0.2, 0.25) is 0 Å². The largest absolute Gasteiger partial charge is 0.320 e. The van der Waals surface area contributed by atoms with E-state index in [0.717, 1.165) is 54.4 Å². The number of anilines is 1. The summed E-state index contributed by atoms with van der Waals surface area (Å²) in [7, 11) is 0. The molecule has 1 amide bonds. The Balaban J connectivity index is 1.45. The van der Waals surface area contributed by atoms with Crippen LogP contribution in [0.15, 0.2) is 63.8 Å². The predicted octanol–water partition coefficient (Wildman–Crippen LogP) is 6.49. The normalized spacial score (nSPS) is 12.9. The van der Waals surface area contributed by atoms with Crippen LogP contribution in [-0.4, -0.2) is 32.0 Å². The van der Waals surface area contributed by atoms with Gasteiger partial charge in [-0.3, -0.25) is 19.9 Å². The third-order valence-corrected chi connectivity index (χ3v) is 8.10. The number of nitrogens with zero attached hydrogens (tertiary/aromatic N) is 5. The van der Waals surface area contributed by atoms with Crippen LogP contribution >= 0.6 is 23.1 Å². The summed E-state index contributed by atoms with van der Waals surface area (Å²) in [6, 6.07) is 10.3. The molecule has 11 heteroatoms. The standard InChI is InChI=1S/C27H24N6O3S2/c1-16-12-17(2)31-27(30-16)38-23-10-9-18(13-21(23)33(35)36)14-29-26-24(20-7-3-4-8-22(20)37-26)25(34)32-19-6-5-11-28-15-19/h5-6,9-15H,3-4,7-8H2,1-2H3,(H,32,34). The lowest BCUT2D eigenvalue weighted by Gasteiger charge is -2.12. The van der Waals surface area contributed by atoms with E-state index in [1.807, 2.05) is 19.9 Å². The van der Waals surface area contributed by atoms with Gasteiger partial charge in [-0.2, -0.15) is 0 Å². The first-order valence-electron chi connectivity index (χ1n) is 12.1. The minimum Gasteiger partial charge on any atom is -0.320 e. The van der Waals surface area contributed by atoms with Gasteiger partial charge in [0.05, 0.1) is 27.3 Å². The number of nitrogens with one attached hydrogen (secondary N) is 1. The SMILES string of the molecule is Cc1cc(C)nc(Sc2ccc(C=Nc3sc4c(c3C(=O)Nc3cccnc3)CCCC4)cc2[N+](=O)[O-])n1. The molecule has 1 N–H and O–H groups in total. The topological polar surface area (TPSA) is 123 Å². The molecule has 1 aliphatic rings. The highest BCUT2D eigenvalue weighted by Gasteiger charge is 2.25. The number of nitro groups is 1. The fourth-order valence-corrected chi connectivity index (χ4v) is 6.50. The number of hydrogen-bond donors (Lipinski definition) is 1. The van der Waals surface area contributed by atoms with Gasteiger partial charge in [-0.25, -0.2) is 15.0 Å². The molecule has 9 nitrogen and oxygen atoms in total. The number of carbonyl (C=O) groups is 1. The Kier molecular flexibility index (Phi) is 7.57. The van der Waals surface area contributed by atoms with E-state index in [2.05, 4.69) is 25.3 Å². The van der Waals surface area contributed by atoms with Crippen molar-refractivity contribution in [3.8, 4) is 0 Å². The summed E-state index contributed by atoms with van der Waals surface area (Å²) in [5, 5.41) is 15.9. The number of fused-ring (bicyclic) bond motifs is 1. The van der Waals surface area contributed by atoms with Crippen molar-refractivity contribution < 1.29 is 9.72 Å². The average molecular weight is 545 g/mol.